The first-order valence-electron chi connectivity index (χ1n) is 4.73. The van der Waals surface area contributed by atoms with Gasteiger partial charge >= 0.3 is 0 Å². The average Bonchev–Trinajstić information content (AvgIpc) is 2.69. The molecule has 2 atom stereocenters. The number of rotatable bonds is 3. The molecule has 68 valence electrons. The highest BCUT2D eigenvalue weighted by Crippen LogP contribution is 2.54. The molecule has 1 N–H and O–H groups in total. The highest BCUT2D eigenvalue weighted by molar-refractivity contribution is 5.78. The van der Waals surface area contributed by atoms with Gasteiger partial charge < -0.3 is 0 Å². The van der Waals surface area contributed by atoms with E-state index >= 15 is 0 Å². The van der Waals surface area contributed by atoms with Crippen molar-refractivity contribution in [3.63, 3.8) is 0 Å². The number of carbonyl (C=O) groups is 1. The van der Waals surface area contributed by atoms with Crippen molar-refractivity contribution in [3.05, 3.63) is 0 Å². The van der Waals surface area contributed by atoms with Gasteiger partial charge in [0.25, 0.3) is 0 Å². The first-order chi connectivity index (χ1) is 5.81. The Morgan fingerprint density at radius 2 is 2.08 bits per heavy atom. The van der Waals surface area contributed by atoms with Crippen molar-refractivity contribution in [2.75, 3.05) is 6.61 Å². The number of amides is 1. The molecule has 2 unspecified atom stereocenters. The van der Waals surface area contributed by atoms with E-state index < -0.39 is 0 Å². The summed E-state index contributed by atoms with van der Waals surface area (Å²) in [6.45, 7) is 2.41. The van der Waals surface area contributed by atoms with Crippen LogP contribution >= 0.6 is 0 Å². The standard InChI is InChI=1S/C9H15NO2/c1-2-12-10-9(11)8-4-6-3-7(6)5-8/h6-8H,2-5H2,1H3,(H,10,11). The molecule has 0 saturated heterocycles. The van der Waals surface area contributed by atoms with Crippen LogP contribution in [0, 0.1) is 17.8 Å². The fourth-order valence-corrected chi connectivity index (χ4v) is 2.16. The Balaban J connectivity index is 1.73. The van der Waals surface area contributed by atoms with Gasteiger partial charge in [0.1, 0.15) is 0 Å². The molecule has 3 heteroatoms. The molecular weight excluding hydrogens is 154 g/mol. The molecule has 2 aliphatic carbocycles. The lowest BCUT2D eigenvalue weighted by Gasteiger charge is -2.10. The van der Waals surface area contributed by atoms with E-state index in [0.29, 0.717) is 6.61 Å². The molecule has 0 aromatic rings. The summed E-state index contributed by atoms with van der Waals surface area (Å²) in [5.74, 6) is 2.05. The first-order valence-corrected chi connectivity index (χ1v) is 4.73. The Bertz CT molecular complexity index is 183. The van der Waals surface area contributed by atoms with Crippen LogP contribution in [-0.2, 0) is 9.63 Å². The number of carbonyl (C=O) groups excluding carboxylic acids is 1. The van der Waals surface area contributed by atoms with E-state index in [1.165, 1.54) is 6.42 Å². The maximum absolute atomic E-state index is 11.3. The zero-order chi connectivity index (χ0) is 8.55. The highest BCUT2D eigenvalue weighted by atomic mass is 16.6. The van der Waals surface area contributed by atoms with Gasteiger partial charge in [-0.05, 0) is 38.0 Å². The molecule has 0 aromatic heterocycles. The number of nitrogens with one attached hydrogen (secondary N) is 1. The maximum Gasteiger partial charge on any atom is 0.246 e. The second kappa shape index (κ2) is 3.05. The number of hydrogen-bond donors (Lipinski definition) is 1. The third kappa shape index (κ3) is 1.46. The van der Waals surface area contributed by atoms with Crippen molar-refractivity contribution in [2.24, 2.45) is 17.8 Å². The number of fused-ring (bicyclic) bond motifs is 1. The van der Waals surface area contributed by atoms with Gasteiger partial charge in [0.05, 0.1) is 6.61 Å². The highest BCUT2D eigenvalue weighted by Gasteiger charge is 2.48. The molecule has 3 nitrogen and oxygen atoms in total. The summed E-state index contributed by atoms with van der Waals surface area (Å²) in [5, 5.41) is 0. The predicted molar refractivity (Wildman–Crippen MR) is 44.1 cm³/mol. The Hall–Kier alpha value is -0.570. The summed E-state index contributed by atoms with van der Waals surface area (Å²) in [6.07, 6.45) is 3.53. The molecule has 2 aliphatic rings. The van der Waals surface area contributed by atoms with Gasteiger partial charge in [0.15, 0.2) is 0 Å². The quantitative estimate of drug-likeness (QED) is 0.642. The maximum atomic E-state index is 11.3. The summed E-state index contributed by atoms with van der Waals surface area (Å²) in [5.41, 5.74) is 2.48. The molecule has 2 saturated carbocycles. The van der Waals surface area contributed by atoms with Crippen LogP contribution in [0.15, 0.2) is 0 Å². The minimum absolute atomic E-state index is 0.0871. The molecule has 2 fully saturated rings. The average molecular weight is 169 g/mol. The molecule has 12 heavy (non-hydrogen) atoms. The Labute approximate surface area is 72.4 Å². The predicted octanol–water partition coefficient (Wildman–Crippen LogP) is 1.10. The lowest BCUT2D eigenvalue weighted by Crippen LogP contribution is -2.30. The van der Waals surface area contributed by atoms with Gasteiger partial charge in [0, 0.05) is 5.92 Å². The van der Waals surface area contributed by atoms with E-state index in [2.05, 4.69) is 5.48 Å². The first kappa shape index (κ1) is 8.05. The molecule has 0 radical (unpaired) electrons. The van der Waals surface area contributed by atoms with Crippen molar-refractivity contribution in [3.8, 4) is 0 Å². The van der Waals surface area contributed by atoms with Gasteiger partial charge in [-0.15, -0.1) is 0 Å². The Morgan fingerprint density at radius 1 is 1.42 bits per heavy atom. The third-order valence-corrected chi connectivity index (χ3v) is 2.93. The summed E-state index contributed by atoms with van der Waals surface area (Å²) in [6, 6.07) is 0. The summed E-state index contributed by atoms with van der Waals surface area (Å²) < 4.78 is 0. The smallest absolute Gasteiger partial charge is 0.246 e. The lowest BCUT2D eigenvalue weighted by atomic mass is 10.0. The molecular formula is C9H15NO2. The van der Waals surface area contributed by atoms with Gasteiger partial charge in [-0.25, -0.2) is 5.48 Å². The van der Waals surface area contributed by atoms with E-state index in [1.807, 2.05) is 6.92 Å². The monoisotopic (exact) mass is 169 g/mol. The third-order valence-electron chi connectivity index (χ3n) is 2.93. The van der Waals surface area contributed by atoms with Gasteiger partial charge in [-0.2, -0.15) is 0 Å². The van der Waals surface area contributed by atoms with Crippen LogP contribution < -0.4 is 5.48 Å². The van der Waals surface area contributed by atoms with Gasteiger partial charge in [-0.1, -0.05) is 0 Å². The van der Waals surface area contributed by atoms with Crippen LogP contribution in [0.2, 0.25) is 0 Å². The second-order valence-corrected chi connectivity index (χ2v) is 3.82. The zero-order valence-electron chi connectivity index (χ0n) is 7.38. The molecule has 0 aromatic carbocycles. The Kier molecular flexibility index (Phi) is 2.05. The number of hydroxylamine groups is 1. The number of hydrogen-bond acceptors (Lipinski definition) is 2. The lowest BCUT2D eigenvalue weighted by molar-refractivity contribution is -0.137. The van der Waals surface area contributed by atoms with Gasteiger partial charge in [-0.3, -0.25) is 9.63 Å². The fraction of sp³-hybridized carbons (Fsp3) is 0.889. The van der Waals surface area contributed by atoms with Crippen molar-refractivity contribution in [1.82, 2.24) is 5.48 Å². The molecule has 0 aliphatic heterocycles. The van der Waals surface area contributed by atoms with Crippen molar-refractivity contribution >= 4 is 5.91 Å². The van der Waals surface area contributed by atoms with E-state index in [0.717, 1.165) is 24.7 Å². The van der Waals surface area contributed by atoms with Crippen LogP contribution in [0.1, 0.15) is 26.2 Å². The van der Waals surface area contributed by atoms with E-state index in [9.17, 15) is 4.79 Å². The SMILES string of the molecule is CCONC(=O)C1CC2CC2C1. The van der Waals surface area contributed by atoms with E-state index in [1.54, 1.807) is 0 Å². The van der Waals surface area contributed by atoms with Crippen LogP contribution in [0.5, 0.6) is 0 Å². The van der Waals surface area contributed by atoms with Crippen LogP contribution in [-0.4, -0.2) is 12.5 Å². The van der Waals surface area contributed by atoms with E-state index in [4.69, 9.17) is 4.84 Å². The molecule has 1 amide bonds. The molecule has 0 spiro atoms. The second-order valence-electron chi connectivity index (χ2n) is 3.82. The normalized spacial score (nSPS) is 37.6. The topological polar surface area (TPSA) is 38.3 Å². The van der Waals surface area contributed by atoms with E-state index in [-0.39, 0.29) is 11.8 Å². The van der Waals surface area contributed by atoms with Crippen LogP contribution in [0.4, 0.5) is 0 Å². The van der Waals surface area contributed by atoms with Crippen molar-refractivity contribution in [2.45, 2.75) is 26.2 Å². The minimum atomic E-state index is 0.0871. The van der Waals surface area contributed by atoms with Crippen molar-refractivity contribution < 1.29 is 9.63 Å². The molecule has 0 heterocycles. The molecule has 0 bridgehead atoms. The van der Waals surface area contributed by atoms with Crippen LogP contribution in [0.25, 0.3) is 0 Å². The largest absolute Gasteiger partial charge is 0.274 e. The Morgan fingerprint density at radius 3 is 2.67 bits per heavy atom. The summed E-state index contributed by atoms with van der Waals surface area (Å²) in [7, 11) is 0. The summed E-state index contributed by atoms with van der Waals surface area (Å²) >= 11 is 0. The minimum Gasteiger partial charge on any atom is -0.274 e. The fourth-order valence-electron chi connectivity index (χ4n) is 2.16. The van der Waals surface area contributed by atoms with Gasteiger partial charge in [0.2, 0.25) is 5.91 Å². The zero-order valence-corrected chi connectivity index (χ0v) is 7.38. The van der Waals surface area contributed by atoms with Crippen molar-refractivity contribution in [1.29, 1.82) is 0 Å². The summed E-state index contributed by atoms with van der Waals surface area (Å²) in [4.78, 5) is 16.2. The molecule has 2 rings (SSSR count). The van der Waals surface area contributed by atoms with Crippen LogP contribution in [0.3, 0.4) is 0 Å².